The van der Waals surface area contributed by atoms with Crippen molar-refractivity contribution in [3.8, 4) is 0 Å². The second-order valence-corrected chi connectivity index (χ2v) is 2.21. The minimum absolute atomic E-state index is 0.243. The van der Waals surface area contributed by atoms with Crippen molar-refractivity contribution < 1.29 is 4.39 Å². The number of alkyl halides is 1. The third-order valence-electron chi connectivity index (χ3n) is 1.39. The Bertz CT molecular complexity index is 68.1. The molecule has 1 saturated heterocycles. The van der Waals surface area contributed by atoms with E-state index in [0.29, 0.717) is 12.6 Å². The predicted octanol–water partition coefficient (Wildman–Crippen LogP) is -0.401. The van der Waals surface area contributed by atoms with Gasteiger partial charge in [0.15, 0.2) is 0 Å². The van der Waals surface area contributed by atoms with Crippen molar-refractivity contribution in [3.05, 3.63) is 0 Å². The summed E-state index contributed by atoms with van der Waals surface area (Å²) in [6.45, 7) is 2.08. The third-order valence-corrected chi connectivity index (χ3v) is 1.39. The molecule has 48 valence electrons. The minimum atomic E-state index is -0.243. The van der Waals surface area contributed by atoms with Crippen LogP contribution in [0, 0.1) is 0 Å². The highest BCUT2D eigenvalue weighted by molar-refractivity contribution is 4.81. The number of nitrogens with two attached hydrogens (primary N) is 1. The fraction of sp³-hybridized carbons (Fsp3) is 1.00. The summed E-state index contributed by atoms with van der Waals surface area (Å²) in [5.41, 5.74) is 5.44. The Kier molecular flexibility index (Phi) is 1.81. The zero-order valence-corrected chi connectivity index (χ0v) is 4.81. The maximum atomic E-state index is 11.5. The molecule has 0 spiro atoms. The first-order valence-electron chi connectivity index (χ1n) is 2.87. The third kappa shape index (κ3) is 1.17. The maximum absolute atomic E-state index is 11.5. The van der Waals surface area contributed by atoms with Gasteiger partial charge >= 0.3 is 0 Å². The van der Waals surface area contributed by atoms with Crippen LogP contribution in [0.25, 0.3) is 0 Å². The average molecular weight is 118 g/mol. The summed E-state index contributed by atoms with van der Waals surface area (Å²) < 4.78 is 11.5. The molecule has 0 aliphatic carbocycles. The van der Waals surface area contributed by atoms with Crippen molar-refractivity contribution in [1.29, 1.82) is 0 Å². The normalized spacial score (nSPS) is 23.2. The molecule has 2 N–H and O–H groups in total. The molecule has 0 atom stereocenters. The molecule has 0 saturated carbocycles. The Balaban J connectivity index is 1.98. The number of nitrogens with zero attached hydrogens (tertiary/aromatic N) is 1. The van der Waals surface area contributed by atoms with Crippen molar-refractivity contribution >= 4 is 0 Å². The highest BCUT2D eigenvalue weighted by Crippen LogP contribution is 2.02. The van der Waals surface area contributed by atoms with Gasteiger partial charge in [-0.25, -0.2) is 4.39 Å². The Morgan fingerprint density at radius 1 is 1.62 bits per heavy atom. The molecule has 0 aromatic rings. The molecule has 1 heterocycles. The Labute approximate surface area is 48.5 Å². The van der Waals surface area contributed by atoms with Crippen molar-refractivity contribution in [3.63, 3.8) is 0 Å². The zero-order valence-electron chi connectivity index (χ0n) is 4.81. The van der Waals surface area contributed by atoms with E-state index in [2.05, 4.69) is 0 Å². The largest absolute Gasteiger partial charge is 0.325 e. The van der Waals surface area contributed by atoms with Gasteiger partial charge in [0, 0.05) is 25.7 Å². The zero-order chi connectivity index (χ0) is 5.98. The lowest BCUT2D eigenvalue weighted by molar-refractivity contribution is 0.140. The molecular formula is C5H11FN2. The van der Waals surface area contributed by atoms with Gasteiger partial charge in [-0.3, -0.25) is 4.90 Å². The lowest BCUT2D eigenvalue weighted by Crippen LogP contribution is -2.56. The number of rotatable bonds is 2. The first-order valence-corrected chi connectivity index (χ1v) is 2.87. The predicted molar refractivity (Wildman–Crippen MR) is 30.4 cm³/mol. The quantitative estimate of drug-likeness (QED) is 0.534. The van der Waals surface area contributed by atoms with E-state index >= 15 is 0 Å². The van der Waals surface area contributed by atoms with Crippen molar-refractivity contribution in [2.45, 2.75) is 6.04 Å². The monoisotopic (exact) mass is 118 g/mol. The van der Waals surface area contributed by atoms with E-state index in [4.69, 9.17) is 5.73 Å². The summed E-state index contributed by atoms with van der Waals surface area (Å²) in [6, 6.07) is 0.307. The Morgan fingerprint density at radius 2 is 2.25 bits per heavy atom. The molecule has 0 bridgehead atoms. The molecule has 0 unspecified atom stereocenters. The smallest absolute Gasteiger partial charge is 0.102 e. The molecule has 1 aliphatic rings. The highest BCUT2D eigenvalue weighted by Gasteiger charge is 2.21. The van der Waals surface area contributed by atoms with Crippen LogP contribution >= 0.6 is 0 Å². The summed E-state index contributed by atoms with van der Waals surface area (Å²) in [7, 11) is 0. The second-order valence-electron chi connectivity index (χ2n) is 2.21. The van der Waals surface area contributed by atoms with Gasteiger partial charge in [0.05, 0.1) is 0 Å². The first-order chi connectivity index (χ1) is 3.83. The van der Waals surface area contributed by atoms with Gasteiger partial charge in [-0.05, 0) is 0 Å². The van der Waals surface area contributed by atoms with Crippen LogP contribution in [-0.2, 0) is 0 Å². The number of hydrogen-bond donors (Lipinski definition) is 1. The standard InChI is InChI=1S/C5H11FN2/c6-1-2-8-3-5(7)4-8/h5H,1-4,7H2. The lowest BCUT2D eigenvalue weighted by atomic mass is 10.1. The van der Waals surface area contributed by atoms with Crippen molar-refractivity contribution in [2.24, 2.45) is 5.73 Å². The Hall–Kier alpha value is -0.150. The van der Waals surface area contributed by atoms with Gasteiger partial charge in [0.2, 0.25) is 0 Å². The first kappa shape index (κ1) is 5.98. The fourth-order valence-corrected chi connectivity index (χ4v) is 0.912. The SMILES string of the molecule is NC1CN(CCF)C1. The van der Waals surface area contributed by atoms with Crippen LogP contribution in [0.4, 0.5) is 4.39 Å². The van der Waals surface area contributed by atoms with Crippen LogP contribution in [0.3, 0.4) is 0 Å². The van der Waals surface area contributed by atoms with E-state index in [-0.39, 0.29) is 6.67 Å². The van der Waals surface area contributed by atoms with E-state index in [1.165, 1.54) is 0 Å². The van der Waals surface area contributed by atoms with E-state index in [1.807, 2.05) is 4.90 Å². The van der Waals surface area contributed by atoms with Crippen LogP contribution in [-0.4, -0.2) is 37.3 Å². The van der Waals surface area contributed by atoms with E-state index in [9.17, 15) is 4.39 Å². The topological polar surface area (TPSA) is 29.3 Å². The molecule has 3 heteroatoms. The Morgan fingerprint density at radius 3 is 2.62 bits per heavy atom. The van der Waals surface area contributed by atoms with Crippen LogP contribution < -0.4 is 5.73 Å². The van der Waals surface area contributed by atoms with E-state index in [0.717, 1.165) is 13.1 Å². The molecule has 0 aromatic carbocycles. The van der Waals surface area contributed by atoms with Crippen LogP contribution in [0.2, 0.25) is 0 Å². The molecule has 0 radical (unpaired) electrons. The number of hydrogen-bond acceptors (Lipinski definition) is 2. The highest BCUT2D eigenvalue weighted by atomic mass is 19.1. The van der Waals surface area contributed by atoms with Gasteiger partial charge in [0.1, 0.15) is 6.67 Å². The molecule has 8 heavy (non-hydrogen) atoms. The van der Waals surface area contributed by atoms with Crippen LogP contribution in [0.5, 0.6) is 0 Å². The van der Waals surface area contributed by atoms with Crippen LogP contribution in [0.1, 0.15) is 0 Å². The summed E-state index contributed by atoms with van der Waals surface area (Å²) in [4.78, 5) is 2.00. The molecule has 2 nitrogen and oxygen atoms in total. The minimum Gasteiger partial charge on any atom is -0.325 e. The number of halogens is 1. The van der Waals surface area contributed by atoms with Gasteiger partial charge in [-0.1, -0.05) is 0 Å². The van der Waals surface area contributed by atoms with Gasteiger partial charge in [-0.2, -0.15) is 0 Å². The second kappa shape index (κ2) is 2.42. The molecule has 1 rings (SSSR count). The van der Waals surface area contributed by atoms with Gasteiger partial charge in [-0.15, -0.1) is 0 Å². The van der Waals surface area contributed by atoms with Gasteiger partial charge in [0.25, 0.3) is 0 Å². The van der Waals surface area contributed by atoms with Crippen LogP contribution in [0.15, 0.2) is 0 Å². The summed E-state index contributed by atoms with van der Waals surface area (Å²) in [5.74, 6) is 0. The van der Waals surface area contributed by atoms with Crippen molar-refractivity contribution in [2.75, 3.05) is 26.3 Å². The molecule has 1 aliphatic heterocycles. The maximum Gasteiger partial charge on any atom is 0.102 e. The van der Waals surface area contributed by atoms with Gasteiger partial charge < -0.3 is 5.73 Å². The van der Waals surface area contributed by atoms with E-state index in [1.54, 1.807) is 0 Å². The van der Waals surface area contributed by atoms with E-state index < -0.39 is 0 Å². The summed E-state index contributed by atoms with van der Waals surface area (Å²) >= 11 is 0. The fourth-order valence-electron chi connectivity index (χ4n) is 0.912. The average Bonchev–Trinajstić information content (AvgIpc) is 1.64. The molecular weight excluding hydrogens is 107 g/mol. The number of likely N-dealkylation sites (tertiary alicyclic amines) is 1. The summed E-state index contributed by atoms with van der Waals surface area (Å²) in [5, 5.41) is 0. The summed E-state index contributed by atoms with van der Waals surface area (Å²) in [6.07, 6.45) is 0. The molecule has 0 aromatic heterocycles. The molecule has 0 amide bonds. The van der Waals surface area contributed by atoms with Crippen molar-refractivity contribution in [1.82, 2.24) is 4.90 Å². The molecule has 1 fully saturated rings. The lowest BCUT2D eigenvalue weighted by Gasteiger charge is -2.35.